The lowest BCUT2D eigenvalue weighted by atomic mass is 10.0. The van der Waals surface area contributed by atoms with Crippen LogP contribution in [0.2, 0.25) is 0 Å². The van der Waals surface area contributed by atoms with Crippen LogP contribution in [0.5, 0.6) is 5.75 Å². The summed E-state index contributed by atoms with van der Waals surface area (Å²) in [4.78, 5) is 0. The average molecular weight is 319 g/mol. The molecule has 5 heteroatoms. The largest absolute Gasteiger partial charge is 0.506 e. The third kappa shape index (κ3) is 2.26. The fourth-order valence-electron chi connectivity index (χ4n) is 2.75. The van der Waals surface area contributed by atoms with Gasteiger partial charge in [-0.2, -0.15) is 0 Å². The molecule has 0 aliphatic carbocycles. The van der Waals surface area contributed by atoms with Gasteiger partial charge in [-0.15, -0.1) is 17.7 Å². The Morgan fingerprint density at radius 2 is 1.61 bits per heavy atom. The maximum Gasteiger partial charge on any atom is 0.144 e. The number of hydrogen-bond donors (Lipinski definition) is 2. The van der Waals surface area contributed by atoms with Crippen molar-refractivity contribution in [3.8, 4) is 22.7 Å². The number of benzene rings is 3. The molecule has 1 aromatic heterocycles. The molecule has 1 heterocycles. The van der Waals surface area contributed by atoms with Crippen molar-refractivity contribution in [3.63, 3.8) is 0 Å². The Hall–Kier alpha value is -2.79. The summed E-state index contributed by atoms with van der Waals surface area (Å²) in [6.07, 6.45) is 0. The van der Waals surface area contributed by atoms with E-state index in [1.54, 1.807) is 22.9 Å². The summed E-state index contributed by atoms with van der Waals surface area (Å²) in [5.74, 6) is 0.146. The second-order valence-electron chi connectivity index (χ2n) is 5.19. The monoisotopic (exact) mass is 319 g/mol. The molecule has 4 rings (SSSR count). The van der Waals surface area contributed by atoms with Crippen LogP contribution >= 0.6 is 12.6 Å². The van der Waals surface area contributed by atoms with Crippen molar-refractivity contribution >= 4 is 23.4 Å². The third-order valence-electron chi connectivity index (χ3n) is 3.81. The Balaban J connectivity index is 2.03. The Bertz CT molecular complexity index is 1000. The van der Waals surface area contributed by atoms with E-state index < -0.39 is 0 Å². The zero-order chi connectivity index (χ0) is 15.8. The Labute approximate surface area is 138 Å². The fourth-order valence-corrected chi connectivity index (χ4v) is 3.01. The van der Waals surface area contributed by atoms with Crippen molar-refractivity contribution in [3.05, 3.63) is 66.7 Å². The van der Waals surface area contributed by atoms with E-state index in [4.69, 9.17) is 0 Å². The predicted molar refractivity (Wildman–Crippen MR) is 93.2 cm³/mol. The van der Waals surface area contributed by atoms with E-state index in [-0.39, 0.29) is 5.75 Å². The topological polar surface area (TPSA) is 50.9 Å². The summed E-state index contributed by atoms with van der Waals surface area (Å²) < 4.78 is 1.62. The van der Waals surface area contributed by atoms with Gasteiger partial charge in [0.15, 0.2) is 0 Å². The number of rotatable bonds is 2. The number of hydrogen-bond acceptors (Lipinski definition) is 4. The quantitative estimate of drug-likeness (QED) is 0.547. The van der Waals surface area contributed by atoms with Gasteiger partial charge in [0, 0.05) is 5.56 Å². The molecule has 4 aromatic rings. The van der Waals surface area contributed by atoms with Crippen LogP contribution in [-0.2, 0) is 0 Å². The van der Waals surface area contributed by atoms with Crippen LogP contribution in [-0.4, -0.2) is 20.1 Å². The molecule has 0 unspecified atom stereocenters. The molecule has 0 saturated carbocycles. The second kappa shape index (κ2) is 5.44. The standard InChI is InChI=1S/C18H13N3OS/c22-16-11-4-3-10-15(16)21-17(18(23)19-20-21)14-9-5-7-12-6-1-2-8-13(12)14/h1-11,22-23H. The molecule has 1 N–H and O–H groups in total. The Kier molecular flexibility index (Phi) is 3.28. The highest BCUT2D eigenvalue weighted by Crippen LogP contribution is 2.34. The maximum absolute atomic E-state index is 10.1. The highest BCUT2D eigenvalue weighted by Gasteiger charge is 2.17. The summed E-state index contributed by atoms with van der Waals surface area (Å²) in [6, 6.07) is 21.2. The SMILES string of the molecule is Oc1ccccc1-n1nnc(S)c1-c1cccc2ccccc12. The summed E-state index contributed by atoms with van der Waals surface area (Å²) >= 11 is 4.46. The van der Waals surface area contributed by atoms with Crippen LogP contribution in [0, 0.1) is 0 Å². The van der Waals surface area contributed by atoms with Crippen molar-refractivity contribution in [1.29, 1.82) is 0 Å². The third-order valence-corrected chi connectivity index (χ3v) is 4.11. The van der Waals surface area contributed by atoms with Gasteiger partial charge in [-0.05, 0) is 22.9 Å². The lowest BCUT2D eigenvalue weighted by Gasteiger charge is -2.11. The van der Waals surface area contributed by atoms with Gasteiger partial charge in [-0.1, -0.05) is 59.8 Å². The zero-order valence-electron chi connectivity index (χ0n) is 12.1. The summed E-state index contributed by atoms with van der Waals surface area (Å²) in [7, 11) is 0. The fraction of sp³-hybridized carbons (Fsp3) is 0. The van der Waals surface area contributed by atoms with E-state index in [0.29, 0.717) is 10.7 Å². The smallest absolute Gasteiger partial charge is 0.144 e. The molecule has 0 aliphatic rings. The molecule has 0 spiro atoms. The van der Waals surface area contributed by atoms with Crippen LogP contribution in [0.25, 0.3) is 27.7 Å². The van der Waals surface area contributed by atoms with Gasteiger partial charge in [0.1, 0.15) is 22.2 Å². The van der Waals surface area contributed by atoms with E-state index >= 15 is 0 Å². The molecular formula is C18H13N3OS. The first-order chi connectivity index (χ1) is 11.3. The highest BCUT2D eigenvalue weighted by molar-refractivity contribution is 7.80. The molecule has 0 amide bonds. The van der Waals surface area contributed by atoms with Crippen LogP contribution < -0.4 is 0 Å². The van der Waals surface area contributed by atoms with Gasteiger partial charge in [-0.3, -0.25) is 0 Å². The first-order valence-electron chi connectivity index (χ1n) is 7.17. The second-order valence-corrected chi connectivity index (χ2v) is 5.61. The molecule has 0 aliphatic heterocycles. The molecule has 4 nitrogen and oxygen atoms in total. The highest BCUT2D eigenvalue weighted by atomic mass is 32.1. The predicted octanol–water partition coefficient (Wildman–Crippen LogP) is 4.08. The normalized spacial score (nSPS) is 11.0. The first kappa shape index (κ1) is 13.8. The van der Waals surface area contributed by atoms with E-state index in [9.17, 15) is 5.11 Å². The molecule has 0 radical (unpaired) electrons. The number of para-hydroxylation sites is 2. The van der Waals surface area contributed by atoms with Crippen LogP contribution in [0.4, 0.5) is 0 Å². The van der Waals surface area contributed by atoms with Crippen molar-refractivity contribution in [2.45, 2.75) is 5.03 Å². The Morgan fingerprint density at radius 1 is 0.870 bits per heavy atom. The van der Waals surface area contributed by atoms with Crippen LogP contribution in [0.15, 0.2) is 71.8 Å². The van der Waals surface area contributed by atoms with Gasteiger partial charge in [0.25, 0.3) is 0 Å². The number of nitrogens with zero attached hydrogens (tertiary/aromatic N) is 3. The molecule has 23 heavy (non-hydrogen) atoms. The number of fused-ring (bicyclic) bond motifs is 1. The van der Waals surface area contributed by atoms with Crippen molar-refractivity contribution in [2.24, 2.45) is 0 Å². The average Bonchev–Trinajstić information content (AvgIpc) is 2.96. The lowest BCUT2D eigenvalue weighted by Crippen LogP contribution is -2.00. The number of phenols is 1. The number of thiol groups is 1. The maximum atomic E-state index is 10.1. The molecule has 112 valence electrons. The van der Waals surface area contributed by atoms with Crippen LogP contribution in [0.3, 0.4) is 0 Å². The summed E-state index contributed by atoms with van der Waals surface area (Å²) in [6.45, 7) is 0. The van der Waals surface area contributed by atoms with Gasteiger partial charge in [0.2, 0.25) is 0 Å². The molecule has 0 saturated heterocycles. The Morgan fingerprint density at radius 3 is 2.48 bits per heavy atom. The van der Waals surface area contributed by atoms with Gasteiger partial charge >= 0.3 is 0 Å². The number of phenolic OH excluding ortho intramolecular Hbond substituents is 1. The van der Waals surface area contributed by atoms with E-state index in [1.807, 2.05) is 30.3 Å². The summed E-state index contributed by atoms with van der Waals surface area (Å²) in [5, 5.41) is 21.1. The van der Waals surface area contributed by atoms with E-state index in [1.165, 1.54) is 0 Å². The number of aromatic nitrogens is 3. The van der Waals surface area contributed by atoms with Crippen molar-refractivity contribution in [1.82, 2.24) is 15.0 Å². The minimum atomic E-state index is 0.146. The van der Waals surface area contributed by atoms with E-state index in [0.717, 1.165) is 22.0 Å². The molecule has 3 aromatic carbocycles. The molecular weight excluding hydrogens is 306 g/mol. The van der Waals surface area contributed by atoms with Crippen molar-refractivity contribution < 1.29 is 5.11 Å². The van der Waals surface area contributed by atoms with Gasteiger partial charge in [0.05, 0.1) is 0 Å². The van der Waals surface area contributed by atoms with Crippen molar-refractivity contribution in [2.75, 3.05) is 0 Å². The lowest BCUT2D eigenvalue weighted by molar-refractivity contribution is 0.470. The minimum absolute atomic E-state index is 0.146. The van der Waals surface area contributed by atoms with Gasteiger partial charge < -0.3 is 5.11 Å². The number of aromatic hydroxyl groups is 1. The van der Waals surface area contributed by atoms with E-state index in [2.05, 4.69) is 41.1 Å². The minimum Gasteiger partial charge on any atom is -0.506 e. The van der Waals surface area contributed by atoms with Gasteiger partial charge in [-0.25, -0.2) is 4.68 Å². The molecule has 0 atom stereocenters. The zero-order valence-corrected chi connectivity index (χ0v) is 13.0. The first-order valence-corrected chi connectivity index (χ1v) is 7.61. The van der Waals surface area contributed by atoms with Crippen LogP contribution in [0.1, 0.15) is 0 Å². The molecule has 0 bridgehead atoms. The summed E-state index contributed by atoms with van der Waals surface area (Å²) in [5.41, 5.74) is 2.30. The molecule has 0 fully saturated rings.